The van der Waals surface area contributed by atoms with E-state index in [-0.39, 0.29) is 12.1 Å². The normalized spacial score (nSPS) is 21.8. The van der Waals surface area contributed by atoms with Gasteiger partial charge in [-0.05, 0) is 43.9 Å². The first-order valence-electron chi connectivity index (χ1n) is 10.7. The molecule has 31 heavy (non-hydrogen) atoms. The van der Waals surface area contributed by atoms with Gasteiger partial charge in [0.15, 0.2) is 0 Å². The van der Waals surface area contributed by atoms with Crippen LogP contribution in [0.2, 0.25) is 0 Å². The first kappa shape index (κ1) is 19.9. The van der Waals surface area contributed by atoms with Crippen molar-refractivity contribution in [3.05, 3.63) is 42.6 Å². The number of ether oxygens (including phenoxy) is 2. The number of rotatable bonds is 5. The maximum absolute atomic E-state index is 12.9. The van der Waals surface area contributed by atoms with E-state index in [2.05, 4.69) is 42.5 Å². The Kier molecular flexibility index (Phi) is 5.75. The molecular weight excluding hydrogens is 399 g/mol. The largest absolute Gasteiger partial charge is 0.488 e. The molecule has 2 fully saturated rings. The number of aromatic nitrogens is 4. The summed E-state index contributed by atoms with van der Waals surface area (Å²) in [5.74, 6) is 0.815. The lowest BCUT2D eigenvalue weighted by Gasteiger charge is -2.31. The fourth-order valence-electron chi connectivity index (χ4n) is 4.23. The summed E-state index contributed by atoms with van der Waals surface area (Å²) in [6.07, 6.45) is 7.24. The van der Waals surface area contributed by atoms with Gasteiger partial charge in [-0.1, -0.05) is 0 Å². The quantitative estimate of drug-likeness (QED) is 0.668. The predicted molar refractivity (Wildman–Crippen MR) is 115 cm³/mol. The number of fused-ring (bicyclic) bond motifs is 1. The lowest BCUT2D eigenvalue weighted by Crippen LogP contribution is -2.36. The highest BCUT2D eigenvalue weighted by Gasteiger charge is 2.24. The fraction of sp³-hybridized carbons (Fsp3) is 0.455. The molecule has 1 aliphatic heterocycles. The molecular formula is C22H25FN6O2. The van der Waals surface area contributed by atoms with E-state index < -0.39 is 5.95 Å². The van der Waals surface area contributed by atoms with Crippen LogP contribution in [0, 0.1) is 5.95 Å². The molecule has 1 saturated carbocycles. The molecule has 1 N–H and O–H groups in total. The molecule has 1 saturated heterocycles. The van der Waals surface area contributed by atoms with Crippen LogP contribution in [0.25, 0.3) is 11.0 Å². The third-order valence-electron chi connectivity index (χ3n) is 5.85. The van der Waals surface area contributed by atoms with Crippen LogP contribution < -0.4 is 15.0 Å². The van der Waals surface area contributed by atoms with Crippen molar-refractivity contribution in [2.75, 3.05) is 36.5 Å². The Morgan fingerprint density at radius 3 is 2.58 bits per heavy atom. The molecule has 162 valence electrons. The Bertz CT molecular complexity index is 1020. The van der Waals surface area contributed by atoms with Crippen LogP contribution in [-0.4, -0.2) is 58.6 Å². The number of nitrogens with one attached hydrogen (secondary N) is 1. The van der Waals surface area contributed by atoms with Gasteiger partial charge in [0.05, 0.1) is 24.8 Å². The van der Waals surface area contributed by atoms with Crippen LogP contribution in [0.4, 0.5) is 15.9 Å². The minimum Gasteiger partial charge on any atom is -0.488 e. The maximum atomic E-state index is 12.9. The van der Waals surface area contributed by atoms with Gasteiger partial charge in [-0.3, -0.25) is 4.98 Å². The number of morpholine rings is 1. The Hall–Kier alpha value is -3.07. The van der Waals surface area contributed by atoms with E-state index in [1.165, 1.54) is 6.07 Å². The molecule has 2 aliphatic rings. The average Bonchev–Trinajstić information content (AvgIpc) is 2.82. The number of nitrogens with zero attached hydrogens (tertiary/aromatic N) is 5. The van der Waals surface area contributed by atoms with Gasteiger partial charge >= 0.3 is 0 Å². The number of hydrogen-bond donors (Lipinski definition) is 1. The fourth-order valence-corrected chi connectivity index (χ4v) is 4.23. The van der Waals surface area contributed by atoms with Crippen molar-refractivity contribution >= 4 is 22.5 Å². The zero-order valence-corrected chi connectivity index (χ0v) is 17.2. The van der Waals surface area contributed by atoms with Crippen molar-refractivity contribution < 1.29 is 13.9 Å². The summed E-state index contributed by atoms with van der Waals surface area (Å²) < 4.78 is 24.9. The third kappa shape index (κ3) is 4.66. The highest BCUT2D eigenvalue weighted by molar-refractivity contribution is 5.85. The topological polar surface area (TPSA) is 85.3 Å². The molecule has 0 atom stereocenters. The van der Waals surface area contributed by atoms with Crippen LogP contribution >= 0.6 is 0 Å². The predicted octanol–water partition coefficient (Wildman–Crippen LogP) is 3.20. The Morgan fingerprint density at radius 1 is 1.00 bits per heavy atom. The lowest BCUT2D eigenvalue weighted by atomic mass is 9.93. The van der Waals surface area contributed by atoms with Crippen molar-refractivity contribution in [2.24, 2.45) is 0 Å². The SMILES string of the molecule is Fc1ccc(N[C@H]2CC[C@@H](Oc3cc(N4CCOCC4)cc4nccnc34)CC2)nn1. The van der Waals surface area contributed by atoms with Gasteiger partial charge in [0.2, 0.25) is 5.95 Å². The van der Waals surface area contributed by atoms with E-state index in [1.54, 1.807) is 18.5 Å². The molecule has 8 nitrogen and oxygen atoms in total. The zero-order chi connectivity index (χ0) is 21.0. The van der Waals surface area contributed by atoms with E-state index in [9.17, 15) is 4.39 Å². The van der Waals surface area contributed by atoms with Gasteiger partial charge in [-0.15, -0.1) is 10.2 Å². The molecule has 0 unspecified atom stereocenters. The molecule has 3 aromatic rings. The number of hydrogen-bond acceptors (Lipinski definition) is 8. The summed E-state index contributed by atoms with van der Waals surface area (Å²) in [6, 6.07) is 7.37. The zero-order valence-electron chi connectivity index (χ0n) is 17.2. The molecule has 5 rings (SSSR count). The Morgan fingerprint density at radius 2 is 1.81 bits per heavy atom. The minimum absolute atomic E-state index is 0.113. The highest BCUT2D eigenvalue weighted by Crippen LogP contribution is 2.33. The Labute approximate surface area is 179 Å². The number of halogens is 1. The monoisotopic (exact) mass is 424 g/mol. The lowest BCUT2D eigenvalue weighted by molar-refractivity contribution is 0.122. The molecule has 9 heteroatoms. The molecule has 1 aromatic carbocycles. The first-order valence-corrected chi connectivity index (χ1v) is 10.7. The van der Waals surface area contributed by atoms with E-state index in [1.807, 2.05) is 0 Å². The van der Waals surface area contributed by atoms with Gasteiger partial charge in [0.1, 0.15) is 17.1 Å². The van der Waals surface area contributed by atoms with Crippen LogP contribution in [0.1, 0.15) is 25.7 Å². The standard InChI is InChI=1S/C22H25FN6O2/c23-20-5-6-21(28-27-20)26-15-1-3-17(4-2-15)31-19-14-16(29-9-11-30-12-10-29)13-18-22(19)25-8-7-24-18/h5-8,13-15,17H,1-4,9-12H2,(H,26,28)/t15-,17+. The van der Waals surface area contributed by atoms with Crippen molar-refractivity contribution in [1.29, 1.82) is 0 Å². The molecule has 0 spiro atoms. The van der Waals surface area contributed by atoms with E-state index >= 15 is 0 Å². The minimum atomic E-state index is -0.572. The molecule has 0 bridgehead atoms. The summed E-state index contributed by atoms with van der Waals surface area (Å²) in [4.78, 5) is 11.3. The van der Waals surface area contributed by atoms with Gasteiger partial charge in [-0.25, -0.2) is 4.98 Å². The maximum Gasteiger partial charge on any atom is 0.233 e. The summed E-state index contributed by atoms with van der Waals surface area (Å²) in [5, 5.41) is 10.7. The van der Waals surface area contributed by atoms with Crippen LogP contribution in [0.15, 0.2) is 36.7 Å². The summed E-state index contributed by atoms with van der Waals surface area (Å²) in [5.41, 5.74) is 2.73. The molecule has 2 aromatic heterocycles. The van der Waals surface area contributed by atoms with Gasteiger partial charge in [-0.2, -0.15) is 4.39 Å². The van der Waals surface area contributed by atoms with E-state index in [0.717, 1.165) is 74.5 Å². The smallest absolute Gasteiger partial charge is 0.233 e. The van der Waals surface area contributed by atoms with Crippen LogP contribution in [-0.2, 0) is 4.74 Å². The first-order chi connectivity index (χ1) is 15.2. The van der Waals surface area contributed by atoms with Crippen molar-refractivity contribution in [3.8, 4) is 5.75 Å². The van der Waals surface area contributed by atoms with Crippen LogP contribution in [0.3, 0.4) is 0 Å². The average molecular weight is 424 g/mol. The van der Waals surface area contributed by atoms with Gasteiger partial charge in [0.25, 0.3) is 0 Å². The second kappa shape index (κ2) is 8.97. The van der Waals surface area contributed by atoms with Crippen molar-refractivity contribution in [1.82, 2.24) is 20.2 Å². The Balaban J connectivity index is 1.27. The molecule has 0 radical (unpaired) electrons. The third-order valence-corrected chi connectivity index (χ3v) is 5.85. The van der Waals surface area contributed by atoms with Gasteiger partial charge in [0, 0.05) is 43.3 Å². The summed E-state index contributed by atoms with van der Waals surface area (Å²) >= 11 is 0. The van der Waals surface area contributed by atoms with E-state index in [0.29, 0.717) is 5.82 Å². The second-order valence-corrected chi connectivity index (χ2v) is 7.94. The van der Waals surface area contributed by atoms with Gasteiger partial charge < -0.3 is 19.7 Å². The number of anilines is 2. The highest BCUT2D eigenvalue weighted by atomic mass is 19.1. The summed E-state index contributed by atoms with van der Waals surface area (Å²) in [7, 11) is 0. The molecule has 3 heterocycles. The molecule has 1 aliphatic carbocycles. The van der Waals surface area contributed by atoms with Crippen molar-refractivity contribution in [2.45, 2.75) is 37.8 Å². The van der Waals surface area contributed by atoms with Crippen molar-refractivity contribution in [3.63, 3.8) is 0 Å². The molecule has 0 amide bonds. The van der Waals surface area contributed by atoms with E-state index in [4.69, 9.17) is 9.47 Å². The van der Waals surface area contributed by atoms with Crippen LogP contribution in [0.5, 0.6) is 5.75 Å². The number of benzene rings is 1. The summed E-state index contributed by atoms with van der Waals surface area (Å²) in [6.45, 7) is 3.16. The second-order valence-electron chi connectivity index (χ2n) is 7.94.